The van der Waals surface area contributed by atoms with Crippen molar-refractivity contribution in [2.75, 3.05) is 48.8 Å². The first-order valence-corrected chi connectivity index (χ1v) is 10.0. The second-order valence-corrected chi connectivity index (χ2v) is 7.48. The maximum absolute atomic E-state index is 13.0. The number of ether oxygens (including phenoxy) is 1. The van der Waals surface area contributed by atoms with Gasteiger partial charge in [0.15, 0.2) is 0 Å². The third-order valence-electron chi connectivity index (χ3n) is 4.92. The SMILES string of the molecule is Nc1cc(CCNc2nc(Cl)nc3cnc(N4CCOCC4)cc23)cc(C(F)(F)F)c1. The number of nitrogens with one attached hydrogen (secondary N) is 1. The van der Waals surface area contributed by atoms with E-state index in [4.69, 9.17) is 22.1 Å². The predicted octanol–water partition coefficient (Wildman–Crippen LogP) is 3.77. The highest BCUT2D eigenvalue weighted by Gasteiger charge is 2.31. The minimum Gasteiger partial charge on any atom is -0.399 e. The Hall–Kier alpha value is -2.85. The van der Waals surface area contributed by atoms with Gasteiger partial charge in [-0.1, -0.05) is 0 Å². The Labute approximate surface area is 181 Å². The Morgan fingerprint density at radius 2 is 1.90 bits per heavy atom. The van der Waals surface area contributed by atoms with Crippen LogP contribution in [-0.2, 0) is 17.3 Å². The average molecular weight is 453 g/mol. The highest BCUT2D eigenvalue weighted by molar-refractivity contribution is 6.28. The zero-order valence-electron chi connectivity index (χ0n) is 16.4. The topological polar surface area (TPSA) is 89.2 Å². The number of nitrogens with zero attached hydrogens (tertiary/aromatic N) is 4. The fourth-order valence-electron chi connectivity index (χ4n) is 3.44. The van der Waals surface area contributed by atoms with Gasteiger partial charge >= 0.3 is 6.18 Å². The van der Waals surface area contributed by atoms with Gasteiger partial charge in [-0.2, -0.15) is 13.2 Å². The van der Waals surface area contributed by atoms with E-state index in [1.165, 1.54) is 6.07 Å². The number of hydrogen-bond acceptors (Lipinski definition) is 7. The minimum absolute atomic E-state index is 0.0548. The van der Waals surface area contributed by atoms with E-state index in [0.717, 1.165) is 36.4 Å². The van der Waals surface area contributed by atoms with Crippen molar-refractivity contribution in [3.05, 3.63) is 46.9 Å². The Balaban J connectivity index is 1.54. The molecular weight excluding hydrogens is 433 g/mol. The smallest absolute Gasteiger partial charge is 0.399 e. The quantitative estimate of drug-likeness (QED) is 0.450. The van der Waals surface area contributed by atoms with E-state index < -0.39 is 11.7 Å². The Morgan fingerprint density at radius 1 is 1.13 bits per heavy atom. The number of rotatable bonds is 5. The molecule has 0 saturated carbocycles. The molecule has 31 heavy (non-hydrogen) atoms. The molecule has 4 rings (SSSR count). The molecule has 3 N–H and O–H groups in total. The lowest BCUT2D eigenvalue weighted by Crippen LogP contribution is -2.36. The van der Waals surface area contributed by atoms with Gasteiger partial charge in [0.1, 0.15) is 11.6 Å². The number of pyridine rings is 1. The Bertz CT molecular complexity index is 1090. The van der Waals surface area contributed by atoms with E-state index in [0.29, 0.717) is 43.1 Å². The van der Waals surface area contributed by atoms with E-state index in [1.807, 2.05) is 6.07 Å². The third kappa shape index (κ3) is 5.08. The van der Waals surface area contributed by atoms with Crippen molar-refractivity contribution in [1.29, 1.82) is 0 Å². The van der Waals surface area contributed by atoms with Gasteiger partial charge in [0.2, 0.25) is 5.28 Å². The predicted molar refractivity (Wildman–Crippen MR) is 113 cm³/mol. The lowest BCUT2D eigenvalue weighted by molar-refractivity contribution is -0.137. The van der Waals surface area contributed by atoms with E-state index >= 15 is 0 Å². The second-order valence-electron chi connectivity index (χ2n) is 7.14. The van der Waals surface area contributed by atoms with Crippen LogP contribution in [0.15, 0.2) is 30.5 Å². The number of halogens is 4. The fraction of sp³-hybridized carbons (Fsp3) is 0.350. The van der Waals surface area contributed by atoms with Gasteiger partial charge in [0.05, 0.1) is 30.5 Å². The molecule has 0 aliphatic carbocycles. The molecule has 3 heterocycles. The molecule has 0 spiro atoms. The van der Waals surface area contributed by atoms with E-state index in [1.54, 1.807) is 6.20 Å². The van der Waals surface area contributed by atoms with Crippen LogP contribution in [-0.4, -0.2) is 47.8 Å². The first-order chi connectivity index (χ1) is 14.8. The number of morpholine rings is 1. The van der Waals surface area contributed by atoms with Crippen molar-refractivity contribution in [2.24, 2.45) is 0 Å². The van der Waals surface area contributed by atoms with Crippen LogP contribution in [0, 0.1) is 0 Å². The number of alkyl halides is 3. The van der Waals surface area contributed by atoms with Crippen LogP contribution in [0.3, 0.4) is 0 Å². The molecule has 0 radical (unpaired) electrons. The molecular formula is C20H20ClF3N6O. The van der Waals surface area contributed by atoms with Crippen LogP contribution in [0.1, 0.15) is 11.1 Å². The van der Waals surface area contributed by atoms with Crippen molar-refractivity contribution in [1.82, 2.24) is 15.0 Å². The number of fused-ring (bicyclic) bond motifs is 1. The highest BCUT2D eigenvalue weighted by Crippen LogP contribution is 2.31. The van der Waals surface area contributed by atoms with Gasteiger partial charge in [-0.3, -0.25) is 0 Å². The molecule has 0 unspecified atom stereocenters. The maximum atomic E-state index is 13.0. The zero-order valence-corrected chi connectivity index (χ0v) is 17.2. The van der Waals surface area contributed by atoms with Crippen molar-refractivity contribution in [3.63, 3.8) is 0 Å². The number of nitrogens with two attached hydrogens (primary N) is 1. The normalized spacial score (nSPS) is 14.8. The van der Waals surface area contributed by atoms with Crippen LogP contribution in [0.2, 0.25) is 5.28 Å². The fourth-order valence-corrected chi connectivity index (χ4v) is 3.62. The zero-order chi connectivity index (χ0) is 22.0. The van der Waals surface area contributed by atoms with Gasteiger partial charge in [-0.25, -0.2) is 15.0 Å². The first kappa shape index (κ1) is 21.4. The summed E-state index contributed by atoms with van der Waals surface area (Å²) < 4.78 is 44.5. The maximum Gasteiger partial charge on any atom is 0.416 e. The number of aromatic nitrogens is 3. The number of benzene rings is 1. The summed E-state index contributed by atoms with van der Waals surface area (Å²) >= 11 is 6.04. The van der Waals surface area contributed by atoms with Crippen LogP contribution < -0.4 is 16.0 Å². The van der Waals surface area contributed by atoms with Crippen LogP contribution in [0.25, 0.3) is 10.9 Å². The molecule has 1 aromatic carbocycles. The van der Waals surface area contributed by atoms with Crippen LogP contribution in [0.4, 0.5) is 30.5 Å². The summed E-state index contributed by atoms with van der Waals surface area (Å²) in [6, 6.07) is 5.43. The molecule has 2 aromatic heterocycles. The van der Waals surface area contributed by atoms with Gasteiger partial charge in [0, 0.05) is 30.7 Å². The Morgan fingerprint density at radius 3 is 2.65 bits per heavy atom. The van der Waals surface area contributed by atoms with Gasteiger partial charge in [0.25, 0.3) is 0 Å². The molecule has 1 fully saturated rings. The lowest BCUT2D eigenvalue weighted by Gasteiger charge is -2.28. The van der Waals surface area contributed by atoms with Gasteiger partial charge < -0.3 is 20.7 Å². The van der Waals surface area contributed by atoms with Crippen LogP contribution in [0.5, 0.6) is 0 Å². The minimum atomic E-state index is -4.45. The number of anilines is 3. The molecule has 164 valence electrons. The van der Waals surface area contributed by atoms with Crippen molar-refractivity contribution in [2.45, 2.75) is 12.6 Å². The standard InChI is InChI=1S/C20H20ClF3N6O/c21-19-28-16-11-27-17(30-3-5-31-6-4-30)10-15(16)18(29-19)26-2-1-12-7-13(20(22,23)24)9-14(25)8-12/h7-11H,1-6,25H2,(H,26,28,29). The summed E-state index contributed by atoms with van der Waals surface area (Å²) in [5.74, 6) is 1.27. The molecule has 0 bridgehead atoms. The second kappa shape index (κ2) is 8.72. The van der Waals surface area contributed by atoms with E-state index in [2.05, 4.69) is 25.2 Å². The van der Waals surface area contributed by atoms with Gasteiger partial charge in [-0.05, 0) is 47.9 Å². The van der Waals surface area contributed by atoms with Crippen LogP contribution >= 0.6 is 11.6 Å². The van der Waals surface area contributed by atoms with Crippen molar-refractivity contribution < 1.29 is 17.9 Å². The monoisotopic (exact) mass is 452 g/mol. The molecule has 1 aliphatic heterocycles. The lowest BCUT2D eigenvalue weighted by atomic mass is 10.1. The molecule has 3 aromatic rings. The largest absolute Gasteiger partial charge is 0.416 e. The molecule has 0 atom stereocenters. The van der Waals surface area contributed by atoms with E-state index in [-0.39, 0.29) is 11.0 Å². The molecule has 11 heteroatoms. The third-order valence-corrected chi connectivity index (χ3v) is 5.09. The number of nitrogen functional groups attached to an aromatic ring is 1. The summed E-state index contributed by atoms with van der Waals surface area (Å²) in [5, 5.41) is 3.94. The Kier molecular flexibility index (Phi) is 6.01. The number of hydrogen-bond donors (Lipinski definition) is 2. The average Bonchev–Trinajstić information content (AvgIpc) is 2.73. The molecule has 0 amide bonds. The summed E-state index contributed by atoms with van der Waals surface area (Å²) in [7, 11) is 0. The molecule has 7 nitrogen and oxygen atoms in total. The summed E-state index contributed by atoms with van der Waals surface area (Å²) in [6.07, 6.45) is -2.50. The van der Waals surface area contributed by atoms with Crippen molar-refractivity contribution in [3.8, 4) is 0 Å². The van der Waals surface area contributed by atoms with Crippen molar-refractivity contribution >= 4 is 39.8 Å². The van der Waals surface area contributed by atoms with E-state index in [9.17, 15) is 13.2 Å². The van der Waals surface area contributed by atoms with Gasteiger partial charge in [-0.15, -0.1) is 0 Å². The molecule has 1 saturated heterocycles. The highest BCUT2D eigenvalue weighted by atomic mass is 35.5. The first-order valence-electron chi connectivity index (χ1n) is 9.66. The summed E-state index contributed by atoms with van der Waals surface area (Å²) in [4.78, 5) is 15.0. The summed E-state index contributed by atoms with van der Waals surface area (Å²) in [6.45, 7) is 3.04. The summed E-state index contributed by atoms with van der Waals surface area (Å²) in [5.41, 5.74) is 5.99. The molecule has 1 aliphatic rings.